The Kier molecular flexibility index (Phi) is 4.95. The normalized spacial score (nSPS) is 36.7. The zero-order valence-electron chi connectivity index (χ0n) is 13.7. The Hall–Kier alpha value is -1.06. The molecule has 4 heteroatoms. The van der Waals surface area contributed by atoms with Crippen LogP contribution in [-0.4, -0.2) is 24.6 Å². The van der Waals surface area contributed by atoms with Gasteiger partial charge in [-0.05, 0) is 49.4 Å². The molecular weight excluding hydrogens is 268 g/mol. The third kappa shape index (κ3) is 3.41. The van der Waals surface area contributed by atoms with Gasteiger partial charge in [0.05, 0.1) is 6.61 Å². The highest BCUT2D eigenvalue weighted by atomic mass is 16.5. The Morgan fingerprint density at radius 3 is 2.52 bits per heavy atom. The predicted molar refractivity (Wildman–Crippen MR) is 79.5 cm³/mol. The van der Waals surface area contributed by atoms with Crippen molar-refractivity contribution in [2.75, 3.05) is 6.61 Å². The Morgan fingerprint density at radius 1 is 1.19 bits per heavy atom. The van der Waals surface area contributed by atoms with Gasteiger partial charge in [0, 0.05) is 19.8 Å². The van der Waals surface area contributed by atoms with Crippen LogP contribution in [0.15, 0.2) is 0 Å². The van der Waals surface area contributed by atoms with Gasteiger partial charge in [0.2, 0.25) is 0 Å². The second-order valence-corrected chi connectivity index (χ2v) is 7.12. The van der Waals surface area contributed by atoms with Crippen molar-refractivity contribution in [3.63, 3.8) is 0 Å². The minimum absolute atomic E-state index is 0.0761. The lowest BCUT2D eigenvalue weighted by atomic mass is 9.62. The van der Waals surface area contributed by atoms with E-state index in [9.17, 15) is 9.59 Å². The molecule has 0 heterocycles. The van der Waals surface area contributed by atoms with Crippen molar-refractivity contribution < 1.29 is 19.1 Å². The molecule has 5 atom stereocenters. The van der Waals surface area contributed by atoms with Crippen LogP contribution in [-0.2, 0) is 19.1 Å². The molecule has 120 valence electrons. The molecule has 0 saturated heterocycles. The fourth-order valence-corrected chi connectivity index (χ4v) is 4.81. The van der Waals surface area contributed by atoms with Crippen LogP contribution in [0.3, 0.4) is 0 Å². The van der Waals surface area contributed by atoms with E-state index in [1.807, 2.05) is 0 Å². The van der Waals surface area contributed by atoms with Gasteiger partial charge in [-0.1, -0.05) is 13.8 Å². The topological polar surface area (TPSA) is 52.6 Å². The monoisotopic (exact) mass is 296 g/mol. The smallest absolute Gasteiger partial charge is 0.302 e. The lowest BCUT2D eigenvalue weighted by molar-refractivity contribution is -0.156. The van der Waals surface area contributed by atoms with Crippen LogP contribution >= 0.6 is 0 Å². The van der Waals surface area contributed by atoms with Crippen molar-refractivity contribution >= 4 is 11.9 Å². The third-order valence-corrected chi connectivity index (χ3v) is 5.69. The highest BCUT2D eigenvalue weighted by molar-refractivity contribution is 5.66. The van der Waals surface area contributed by atoms with E-state index in [0.717, 1.165) is 25.7 Å². The van der Waals surface area contributed by atoms with Gasteiger partial charge in [-0.3, -0.25) is 9.59 Å². The van der Waals surface area contributed by atoms with Crippen molar-refractivity contribution in [2.45, 2.75) is 65.9 Å². The van der Waals surface area contributed by atoms with Gasteiger partial charge in [-0.25, -0.2) is 0 Å². The number of rotatable bonds is 4. The minimum Gasteiger partial charge on any atom is -0.466 e. The Morgan fingerprint density at radius 2 is 1.90 bits per heavy atom. The molecule has 0 N–H and O–H groups in total. The fourth-order valence-electron chi connectivity index (χ4n) is 4.81. The molecule has 2 saturated carbocycles. The van der Waals surface area contributed by atoms with Gasteiger partial charge in [0.1, 0.15) is 6.10 Å². The van der Waals surface area contributed by atoms with E-state index in [1.165, 1.54) is 20.3 Å². The quantitative estimate of drug-likeness (QED) is 0.747. The average Bonchev–Trinajstić information content (AvgIpc) is 2.73. The summed E-state index contributed by atoms with van der Waals surface area (Å²) in [7, 11) is 0. The molecule has 0 aromatic heterocycles. The van der Waals surface area contributed by atoms with E-state index in [2.05, 4.69) is 13.8 Å². The van der Waals surface area contributed by atoms with Crippen molar-refractivity contribution in [2.24, 2.45) is 23.2 Å². The molecule has 2 aliphatic carbocycles. The molecule has 21 heavy (non-hydrogen) atoms. The summed E-state index contributed by atoms with van der Waals surface area (Å²) in [6.45, 7) is 7.98. The summed E-state index contributed by atoms with van der Waals surface area (Å²) in [5.41, 5.74) is 0.206. The molecule has 2 rings (SSSR count). The molecule has 0 bridgehead atoms. The van der Waals surface area contributed by atoms with E-state index >= 15 is 0 Å². The van der Waals surface area contributed by atoms with Crippen LogP contribution in [0, 0.1) is 23.2 Å². The van der Waals surface area contributed by atoms with Gasteiger partial charge < -0.3 is 9.47 Å². The van der Waals surface area contributed by atoms with Crippen molar-refractivity contribution in [3.8, 4) is 0 Å². The van der Waals surface area contributed by atoms with Crippen LogP contribution in [0.2, 0.25) is 0 Å². The molecular formula is C17H28O4. The zero-order valence-corrected chi connectivity index (χ0v) is 13.7. The molecule has 0 aromatic carbocycles. The summed E-state index contributed by atoms with van der Waals surface area (Å²) in [5.74, 6) is 0.990. The molecule has 0 radical (unpaired) electrons. The number of hydrogen-bond donors (Lipinski definition) is 0. The first-order valence-corrected chi connectivity index (χ1v) is 8.15. The van der Waals surface area contributed by atoms with E-state index in [4.69, 9.17) is 9.47 Å². The van der Waals surface area contributed by atoms with Crippen LogP contribution in [0.4, 0.5) is 0 Å². The molecule has 0 amide bonds. The number of ether oxygens (including phenoxy) is 2. The molecule has 2 aliphatic rings. The lowest BCUT2D eigenvalue weighted by Crippen LogP contribution is -2.43. The van der Waals surface area contributed by atoms with E-state index in [-0.39, 0.29) is 23.5 Å². The summed E-state index contributed by atoms with van der Waals surface area (Å²) in [6.07, 6.45) is 5.62. The zero-order chi connectivity index (χ0) is 15.6. The first kappa shape index (κ1) is 16.3. The lowest BCUT2D eigenvalue weighted by Gasteiger charge is -2.46. The maximum absolute atomic E-state index is 11.3. The number of hydrogen-bond acceptors (Lipinski definition) is 4. The van der Waals surface area contributed by atoms with Gasteiger partial charge in [-0.2, -0.15) is 0 Å². The molecule has 2 fully saturated rings. The fraction of sp³-hybridized carbons (Fsp3) is 0.882. The van der Waals surface area contributed by atoms with Gasteiger partial charge in [-0.15, -0.1) is 0 Å². The number of fused-ring (bicyclic) bond motifs is 1. The molecule has 0 spiro atoms. The Bertz CT molecular complexity index is 406. The number of carbonyl (C=O) groups excluding carboxylic acids is 2. The second kappa shape index (κ2) is 6.37. The predicted octanol–water partition coefficient (Wildman–Crippen LogP) is 3.33. The van der Waals surface area contributed by atoms with Crippen molar-refractivity contribution in [1.82, 2.24) is 0 Å². The molecule has 0 aromatic rings. The Balaban J connectivity index is 2.06. The average molecular weight is 296 g/mol. The van der Waals surface area contributed by atoms with Crippen molar-refractivity contribution in [1.29, 1.82) is 0 Å². The largest absolute Gasteiger partial charge is 0.466 e. The van der Waals surface area contributed by atoms with Gasteiger partial charge >= 0.3 is 11.9 Å². The minimum atomic E-state index is -0.206. The van der Waals surface area contributed by atoms with Crippen molar-refractivity contribution in [3.05, 3.63) is 0 Å². The number of esters is 2. The van der Waals surface area contributed by atoms with Crippen LogP contribution in [0.5, 0.6) is 0 Å². The SMILES string of the molecule is CC(=O)OC[C@@H](C)[C@H]1CC[C@H]2[C@@H](OC(C)=O)CCC[C@]12C. The maximum atomic E-state index is 11.3. The number of carbonyl (C=O) groups is 2. The van der Waals surface area contributed by atoms with Crippen LogP contribution < -0.4 is 0 Å². The van der Waals surface area contributed by atoms with E-state index < -0.39 is 0 Å². The molecule has 0 aliphatic heterocycles. The van der Waals surface area contributed by atoms with E-state index in [0.29, 0.717) is 24.4 Å². The summed E-state index contributed by atoms with van der Waals surface area (Å²) in [6, 6.07) is 0. The van der Waals surface area contributed by atoms with Gasteiger partial charge in [0.25, 0.3) is 0 Å². The van der Waals surface area contributed by atoms with Crippen LogP contribution in [0.1, 0.15) is 59.8 Å². The highest BCUT2D eigenvalue weighted by Crippen LogP contribution is 2.58. The first-order chi connectivity index (χ1) is 9.84. The summed E-state index contributed by atoms with van der Waals surface area (Å²) in [4.78, 5) is 22.3. The van der Waals surface area contributed by atoms with Gasteiger partial charge in [0.15, 0.2) is 0 Å². The Labute approximate surface area is 127 Å². The standard InChI is InChI=1S/C17H28O4/c1-11(10-20-12(2)18)14-7-8-15-16(21-13(3)19)6-5-9-17(14,15)4/h11,14-16H,5-10H2,1-4H3/t11-,14-,15+,16+,17-/m1/s1. The molecule has 0 unspecified atom stereocenters. The van der Waals surface area contributed by atoms with E-state index in [1.54, 1.807) is 0 Å². The first-order valence-electron chi connectivity index (χ1n) is 8.15. The summed E-state index contributed by atoms with van der Waals surface area (Å²) < 4.78 is 10.8. The van der Waals surface area contributed by atoms with Crippen LogP contribution in [0.25, 0.3) is 0 Å². The third-order valence-electron chi connectivity index (χ3n) is 5.69. The summed E-state index contributed by atoms with van der Waals surface area (Å²) in [5, 5.41) is 0. The maximum Gasteiger partial charge on any atom is 0.302 e. The second-order valence-electron chi connectivity index (χ2n) is 7.12. The highest BCUT2D eigenvalue weighted by Gasteiger charge is 2.53. The summed E-state index contributed by atoms with van der Waals surface area (Å²) >= 11 is 0. The molecule has 4 nitrogen and oxygen atoms in total.